The van der Waals surface area contributed by atoms with Gasteiger partial charge in [-0.3, -0.25) is 0 Å². The highest BCUT2D eigenvalue weighted by molar-refractivity contribution is 5.74. The fourth-order valence-electron chi connectivity index (χ4n) is 1.97. The number of rotatable bonds is 6. The van der Waals surface area contributed by atoms with Gasteiger partial charge in [0.25, 0.3) is 0 Å². The maximum Gasteiger partial charge on any atom is 0.181 e. The summed E-state index contributed by atoms with van der Waals surface area (Å²) in [5.74, 6) is 2.08. The van der Waals surface area contributed by atoms with Gasteiger partial charge in [0.2, 0.25) is 0 Å². The maximum atomic E-state index is 5.56. The first-order valence-corrected chi connectivity index (χ1v) is 6.54. The van der Waals surface area contributed by atoms with Crippen molar-refractivity contribution in [2.75, 3.05) is 14.2 Å². The summed E-state index contributed by atoms with van der Waals surface area (Å²) in [5, 5.41) is 3.33. The lowest BCUT2D eigenvalue weighted by Gasteiger charge is -2.12. The smallest absolute Gasteiger partial charge is 0.181 e. The van der Waals surface area contributed by atoms with E-state index >= 15 is 0 Å². The average molecular weight is 276 g/mol. The number of aromatic nitrogens is 1. The van der Waals surface area contributed by atoms with E-state index in [0.717, 1.165) is 11.3 Å². The lowest BCUT2D eigenvalue weighted by molar-refractivity contribution is 0.394. The zero-order chi connectivity index (χ0) is 14.5. The highest BCUT2D eigenvalue weighted by Gasteiger charge is 2.19. The van der Waals surface area contributed by atoms with Gasteiger partial charge in [0.15, 0.2) is 12.2 Å². The Morgan fingerprint density at radius 1 is 1.20 bits per heavy atom. The Morgan fingerprint density at radius 3 is 2.40 bits per heavy atom. The van der Waals surface area contributed by atoms with Crippen LogP contribution in [0.1, 0.15) is 19.5 Å². The Kier molecular flexibility index (Phi) is 4.63. The van der Waals surface area contributed by atoms with Gasteiger partial charge >= 0.3 is 0 Å². The Hall–Kier alpha value is -2.01. The molecule has 5 heteroatoms. The molecule has 0 saturated heterocycles. The first-order chi connectivity index (χ1) is 9.67. The molecule has 2 aromatic rings. The highest BCUT2D eigenvalue weighted by Crippen LogP contribution is 2.39. The zero-order valence-electron chi connectivity index (χ0n) is 12.3. The normalized spacial score (nSPS) is 10.8. The van der Waals surface area contributed by atoms with Gasteiger partial charge in [-0.25, -0.2) is 4.98 Å². The van der Waals surface area contributed by atoms with Crippen molar-refractivity contribution in [1.82, 2.24) is 10.3 Å². The van der Waals surface area contributed by atoms with E-state index in [1.807, 2.05) is 18.2 Å². The summed E-state index contributed by atoms with van der Waals surface area (Å²) >= 11 is 0. The first kappa shape index (κ1) is 14.4. The molecule has 108 valence electrons. The zero-order valence-corrected chi connectivity index (χ0v) is 12.3. The van der Waals surface area contributed by atoms with E-state index in [4.69, 9.17) is 13.9 Å². The third-order valence-electron chi connectivity index (χ3n) is 2.97. The van der Waals surface area contributed by atoms with E-state index in [1.165, 1.54) is 6.39 Å². The first-order valence-electron chi connectivity index (χ1n) is 6.54. The molecule has 0 aliphatic heterocycles. The molecule has 0 aliphatic carbocycles. The predicted molar refractivity (Wildman–Crippen MR) is 77.0 cm³/mol. The molecule has 0 aliphatic rings. The van der Waals surface area contributed by atoms with Crippen molar-refractivity contribution in [2.24, 2.45) is 0 Å². The summed E-state index contributed by atoms with van der Waals surface area (Å²) in [7, 11) is 3.25. The monoisotopic (exact) mass is 276 g/mol. The number of hydrogen-bond donors (Lipinski definition) is 1. The summed E-state index contributed by atoms with van der Waals surface area (Å²) in [6.45, 7) is 4.80. The predicted octanol–water partition coefficient (Wildman–Crippen LogP) is 2.86. The number of benzene rings is 1. The fraction of sp³-hybridized carbons (Fsp3) is 0.400. The Balaban J connectivity index is 2.43. The largest absolute Gasteiger partial charge is 0.496 e. The van der Waals surface area contributed by atoms with E-state index in [-0.39, 0.29) is 0 Å². The summed E-state index contributed by atoms with van der Waals surface area (Å²) in [6.07, 6.45) is 1.44. The van der Waals surface area contributed by atoms with Crippen LogP contribution in [0.15, 0.2) is 29.0 Å². The molecule has 0 unspecified atom stereocenters. The highest BCUT2D eigenvalue weighted by atomic mass is 16.5. The molecule has 1 aromatic carbocycles. The second kappa shape index (κ2) is 6.43. The van der Waals surface area contributed by atoms with Crippen LogP contribution in [0.3, 0.4) is 0 Å². The molecule has 1 heterocycles. The third kappa shape index (κ3) is 2.93. The van der Waals surface area contributed by atoms with Crippen molar-refractivity contribution >= 4 is 0 Å². The lowest BCUT2D eigenvalue weighted by Crippen LogP contribution is -2.22. The Bertz CT molecular complexity index is 542. The van der Waals surface area contributed by atoms with Crippen molar-refractivity contribution in [3.63, 3.8) is 0 Å². The van der Waals surface area contributed by atoms with Crippen LogP contribution in [0.4, 0.5) is 0 Å². The van der Waals surface area contributed by atoms with Gasteiger partial charge in [0.05, 0.1) is 14.2 Å². The van der Waals surface area contributed by atoms with Gasteiger partial charge < -0.3 is 19.2 Å². The van der Waals surface area contributed by atoms with E-state index < -0.39 is 0 Å². The molecule has 0 amide bonds. The minimum Gasteiger partial charge on any atom is -0.496 e. The van der Waals surface area contributed by atoms with E-state index in [1.54, 1.807) is 14.2 Å². The van der Waals surface area contributed by atoms with E-state index in [9.17, 15) is 0 Å². The lowest BCUT2D eigenvalue weighted by atomic mass is 10.1. The SMILES string of the molecule is COc1cccc(OC)c1-c1ocnc1CNC(C)C. The molecule has 1 aromatic heterocycles. The molecular formula is C15H20N2O3. The molecule has 0 radical (unpaired) electrons. The van der Waals surface area contributed by atoms with Crippen molar-refractivity contribution < 1.29 is 13.9 Å². The molecule has 0 spiro atoms. The van der Waals surface area contributed by atoms with Crippen molar-refractivity contribution in [3.05, 3.63) is 30.3 Å². The molecule has 1 N–H and O–H groups in total. The van der Waals surface area contributed by atoms with Crippen molar-refractivity contribution in [2.45, 2.75) is 26.4 Å². The molecule has 0 bridgehead atoms. The van der Waals surface area contributed by atoms with Gasteiger partial charge in [-0.1, -0.05) is 19.9 Å². The molecule has 0 atom stereocenters. The molecular weight excluding hydrogens is 256 g/mol. The van der Waals surface area contributed by atoms with Crippen molar-refractivity contribution in [3.8, 4) is 22.8 Å². The molecule has 0 fully saturated rings. The molecule has 2 rings (SSSR count). The number of ether oxygens (including phenoxy) is 2. The third-order valence-corrected chi connectivity index (χ3v) is 2.97. The second-order valence-corrected chi connectivity index (χ2v) is 4.70. The molecule has 5 nitrogen and oxygen atoms in total. The Labute approximate surface area is 118 Å². The minimum absolute atomic E-state index is 0.374. The van der Waals surface area contributed by atoms with Crippen LogP contribution < -0.4 is 14.8 Å². The number of oxazole rings is 1. The number of nitrogens with one attached hydrogen (secondary N) is 1. The summed E-state index contributed by atoms with van der Waals surface area (Å²) in [6, 6.07) is 6.00. The van der Waals surface area contributed by atoms with Crippen LogP contribution >= 0.6 is 0 Å². The Morgan fingerprint density at radius 2 is 1.85 bits per heavy atom. The maximum absolute atomic E-state index is 5.56. The summed E-state index contributed by atoms with van der Waals surface area (Å²) < 4.78 is 16.4. The van der Waals surface area contributed by atoms with Crippen LogP contribution in [0.2, 0.25) is 0 Å². The standard InChI is InChI=1S/C15H20N2O3/c1-10(2)16-8-11-15(20-9-17-11)14-12(18-3)6-5-7-13(14)19-4/h5-7,9-10,16H,8H2,1-4H3. The van der Waals surface area contributed by atoms with Crippen LogP contribution in [0.5, 0.6) is 11.5 Å². The second-order valence-electron chi connectivity index (χ2n) is 4.70. The van der Waals surface area contributed by atoms with Gasteiger partial charge in [0, 0.05) is 12.6 Å². The topological polar surface area (TPSA) is 56.5 Å². The molecule has 0 saturated carbocycles. The van der Waals surface area contributed by atoms with Gasteiger partial charge in [-0.2, -0.15) is 0 Å². The summed E-state index contributed by atoms with van der Waals surface area (Å²) in [5.41, 5.74) is 1.62. The quantitative estimate of drug-likeness (QED) is 0.879. The van der Waals surface area contributed by atoms with E-state index in [2.05, 4.69) is 24.1 Å². The number of methoxy groups -OCH3 is 2. The van der Waals surface area contributed by atoms with Gasteiger partial charge in [-0.05, 0) is 12.1 Å². The van der Waals surface area contributed by atoms with Crippen LogP contribution in [-0.2, 0) is 6.54 Å². The molecule has 20 heavy (non-hydrogen) atoms. The van der Waals surface area contributed by atoms with Gasteiger partial charge in [-0.15, -0.1) is 0 Å². The van der Waals surface area contributed by atoms with Crippen molar-refractivity contribution in [1.29, 1.82) is 0 Å². The van der Waals surface area contributed by atoms with Gasteiger partial charge in [0.1, 0.15) is 22.8 Å². The van der Waals surface area contributed by atoms with Crippen LogP contribution in [0.25, 0.3) is 11.3 Å². The minimum atomic E-state index is 0.374. The fourth-order valence-corrected chi connectivity index (χ4v) is 1.97. The van der Waals surface area contributed by atoms with Crippen LogP contribution in [0, 0.1) is 0 Å². The van der Waals surface area contributed by atoms with E-state index in [0.29, 0.717) is 29.8 Å². The number of hydrogen-bond acceptors (Lipinski definition) is 5. The van der Waals surface area contributed by atoms with Crippen LogP contribution in [-0.4, -0.2) is 25.2 Å². The average Bonchev–Trinajstić information content (AvgIpc) is 2.92. The summed E-state index contributed by atoms with van der Waals surface area (Å²) in [4.78, 5) is 4.28. The number of nitrogens with zero attached hydrogens (tertiary/aromatic N) is 1.